The average Bonchev–Trinajstić information content (AvgIpc) is 3.06. The van der Waals surface area contributed by atoms with Gasteiger partial charge < -0.3 is 15.0 Å². The van der Waals surface area contributed by atoms with E-state index in [9.17, 15) is 0 Å². The second kappa shape index (κ2) is 4.38. The SMILES string of the molecule is NCC1(c2nc(CC3CC3)no2)CCOCC1. The summed E-state index contributed by atoms with van der Waals surface area (Å²) in [5, 5.41) is 4.08. The van der Waals surface area contributed by atoms with Crippen LogP contribution >= 0.6 is 0 Å². The number of rotatable bonds is 4. The Balaban J connectivity index is 1.77. The van der Waals surface area contributed by atoms with E-state index in [-0.39, 0.29) is 5.41 Å². The minimum Gasteiger partial charge on any atom is -0.381 e. The van der Waals surface area contributed by atoms with E-state index >= 15 is 0 Å². The predicted molar refractivity (Wildman–Crippen MR) is 61.5 cm³/mol. The highest BCUT2D eigenvalue weighted by molar-refractivity contribution is 5.08. The van der Waals surface area contributed by atoms with E-state index < -0.39 is 0 Å². The van der Waals surface area contributed by atoms with Crippen molar-refractivity contribution in [3.8, 4) is 0 Å². The van der Waals surface area contributed by atoms with Gasteiger partial charge in [-0.2, -0.15) is 4.98 Å². The molecule has 1 saturated heterocycles. The molecule has 1 aromatic heterocycles. The van der Waals surface area contributed by atoms with E-state index in [1.807, 2.05) is 0 Å². The Hall–Kier alpha value is -0.940. The van der Waals surface area contributed by atoms with Crippen LogP contribution in [0.1, 0.15) is 37.4 Å². The fourth-order valence-corrected chi connectivity index (χ4v) is 2.40. The van der Waals surface area contributed by atoms with Gasteiger partial charge in [-0.3, -0.25) is 0 Å². The normalized spacial score (nSPS) is 23.8. The molecule has 5 nitrogen and oxygen atoms in total. The van der Waals surface area contributed by atoms with Gasteiger partial charge in [0.2, 0.25) is 5.89 Å². The van der Waals surface area contributed by atoms with Gasteiger partial charge in [0.15, 0.2) is 5.82 Å². The van der Waals surface area contributed by atoms with Crippen molar-refractivity contribution in [3.63, 3.8) is 0 Å². The number of ether oxygens (including phenoxy) is 1. The highest BCUT2D eigenvalue weighted by atomic mass is 16.5. The van der Waals surface area contributed by atoms with Gasteiger partial charge in [0, 0.05) is 26.2 Å². The molecule has 94 valence electrons. The molecule has 5 heteroatoms. The van der Waals surface area contributed by atoms with E-state index in [0.29, 0.717) is 6.54 Å². The lowest BCUT2D eigenvalue weighted by atomic mass is 9.80. The van der Waals surface area contributed by atoms with Gasteiger partial charge in [0.25, 0.3) is 0 Å². The number of hydrogen-bond donors (Lipinski definition) is 1. The first-order valence-corrected chi connectivity index (χ1v) is 6.43. The molecule has 0 spiro atoms. The molecular weight excluding hydrogens is 218 g/mol. The van der Waals surface area contributed by atoms with Gasteiger partial charge in [0.05, 0.1) is 5.41 Å². The van der Waals surface area contributed by atoms with Crippen LogP contribution in [0, 0.1) is 5.92 Å². The third-order valence-corrected chi connectivity index (χ3v) is 3.93. The maximum Gasteiger partial charge on any atom is 0.234 e. The predicted octanol–water partition coefficient (Wildman–Crippen LogP) is 1.03. The molecule has 0 unspecified atom stereocenters. The van der Waals surface area contributed by atoms with Crippen LogP contribution in [0.5, 0.6) is 0 Å². The Morgan fingerprint density at radius 1 is 1.29 bits per heavy atom. The fraction of sp³-hybridized carbons (Fsp3) is 0.833. The third kappa shape index (κ3) is 2.21. The van der Waals surface area contributed by atoms with E-state index in [1.165, 1.54) is 12.8 Å². The number of hydrogen-bond acceptors (Lipinski definition) is 5. The van der Waals surface area contributed by atoms with Crippen LogP contribution in [-0.4, -0.2) is 29.9 Å². The van der Waals surface area contributed by atoms with Crippen molar-refractivity contribution in [2.45, 2.75) is 37.5 Å². The molecule has 17 heavy (non-hydrogen) atoms. The lowest BCUT2D eigenvalue weighted by Crippen LogP contribution is -2.40. The molecule has 3 rings (SSSR count). The molecule has 2 N–H and O–H groups in total. The second-order valence-corrected chi connectivity index (χ2v) is 5.26. The molecular formula is C12H19N3O2. The molecule has 2 fully saturated rings. The standard InChI is InChI=1S/C12H19N3O2/c13-8-12(3-5-16-6-4-12)11-14-10(15-17-11)7-9-1-2-9/h9H,1-8,13H2. The Kier molecular flexibility index (Phi) is 2.88. The van der Waals surface area contributed by atoms with Crippen molar-refractivity contribution < 1.29 is 9.26 Å². The molecule has 0 atom stereocenters. The Morgan fingerprint density at radius 3 is 2.71 bits per heavy atom. The number of nitrogens with two attached hydrogens (primary N) is 1. The molecule has 0 bridgehead atoms. The molecule has 0 aromatic carbocycles. The van der Waals surface area contributed by atoms with Crippen molar-refractivity contribution in [1.82, 2.24) is 10.1 Å². The summed E-state index contributed by atoms with van der Waals surface area (Å²) in [4.78, 5) is 4.54. The quantitative estimate of drug-likeness (QED) is 0.846. The first kappa shape index (κ1) is 11.2. The summed E-state index contributed by atoms with van der Waals surface area (Å²) in [5.41, 5.74) is 5.76. The fourth-order valence-electron chi connectivity index (χ4n) is 2.40. The number of aromatic nitrogens is 2. The van der Waals surface area contributed by atoms with E-state index in [2.05, 4.69) is 10.1 Å². The minimum absolute atomic E-state index is 0.146. The van der Waals surface area contributed by atoms with Crippen molar-refractivity contribution in [3.05, 3.63) is 11.7 Å². The third-order valence-electron chi connectivity index (χ3n) is 3.93. The molecule has 1 aliphatic heterocycles. The molecule has 2 aliphatic rings. The summed E-state index contributed by atoms with van der Waals surface area (Å²) in [5.74, 6) is 2.35. The molecule has 1 aliphatic carbocycles. The monoisotopic (exact) mass is 237 g/mol. The highest BCUT2D eigenvalue weighted by Gasteiger charge is 2.39. The van der Waals surface area contributed by atoms with Gasteiger partial charge in [-0.25, -0.2) is 0 Å². The summed E-state index contributed by atoms with van der Waals surface area (Å²) >= 11 is 0. The van der Waals surface area contributed by atoms with Crippen LogP contribution in [-0.2, 0) is 16.6 Å². The van der Waals surface area contributed by atoms with Gasteiger partial charge in [-0.15, -0.1) is 0 Å². The van der Waals surface area contributed by atoms with Crippen LogP contribution in [0.25, 0.3) is 0 Å². The van der Waals surface area contributed by atoms with Gasteiger partial charge in [0.1, 0.15) is 0 Å². The molecule has 2 heterocycles. The molecule has 0 radical (unpaired) electrons. The number of nitrogens with zero attached hydrogens (tertiary/aromatic N) is 2. The van der Waals surface area contributed by atoms with Gasteiger partial charge in [-0.05, 0) is 31.6 Å². The van der Waals surface area contributed by atoms with E-state index in [4.69, 9.17) is 15.0 Å². The molecule has 1 saturated carbocycles. The van der Waals surface area contributed by atoms with Crippen LogP contribution in [0.2, 0.25) is 0 Å². The summed E-state index contributed by atoms with van der Waals surface area (Å²) < 4.78 is 10.8. The Bertz CT molecular complexity index is 381. The van der Waals surface area contributed by atoms with Crippen LogP contribution in [0.4, 0.5) is 0 Å². The minimum atomic E-state index is -0.146. The summed E-state index contributed by atoms with van der Waals surface area (Å²) in [6.45, 7) is 2.02. The van der Waals surface area contributed by atoms with Crippen LogP contribution < -0.4 is 5.73 Å². The van der Waals surface area contributed by atoms with E-state index in [1.54, 1.807) is 0 Å². The molecule has 0 amide bonds. The second-order valence-electron chi connectivity index (χ2n) is 5.26. The zero-order valence-corrected chi connectivity index (χ0v) is 10.0. The zero-order valence-electron chi connectivity index (χ0n) is 10.0. The highest BCUT2D eigenvalue weighted by Crippen LogP contribution is 2.35. The maximum absolute atomic E-state index is 5.91. The lowest BCUT2D eigenvalue weighted by Gasteiger charge is -2.32. The average molecular weight is 237 g/mol. The van der Waals surface area contributed by atoms with Gasteiger partial charge >= 0.3 is 0 Å². The zero-order chi connectivity index (χ0) is 11.7. The van der Waals surface area contributed by atoms with Crippen LogP contribution in [0.15, 0.2) is 4.52 Å². The lowest BCUT2D eigenvalue weighted by molar-refractivity contribution is 0.0409. The van der Waals surface area contributed by atoms with Crippen molar-refractivity contribution in [2.24, 2.45) is 11.7 Å². The first-order chi connectivity index (χ1) is 8.32. The van der Waals surface area contributed by atoms with E-state index in [0.717, 1.165) is 50.1 Å². The first-order valence-electron chi connectivity index (χ1n) is 6.43. The Labute approximate surface area is 101 Å². The summed E-state index contributed by atoms with van der Waals surface area (Å²) in [6, 6.07) is 0. The van der Waals surface area contributed by atoms with Crippen molar-refractivity contribution in [2.75, 3.05) is 19.8 Å². The van der Waals surface area contributed by atoms with Gasteiger partial charge in [-0.1, -0.05) is 5.16 Å². The van der Waals surface area contributed by atoms with Crippen LogP contribution in [0.3, 0.4) is 0 Å². The smallest absolute Gasteiger partial charge is 0.234 e. The summed E-state index contributed by atoms with van der Waals surface area (Å²) in [6.07, 6.45) is 5.34. The molecule has 1 aromatic rings. The van der Waals surface area contributed by atoms with Crippen molar-refractivity contribution in [1.29, 1.82) is 0 Å². The maximum atomic E-state index is 5.91. The Morgan fingerprint density at radius 2 is 2.06 bits per heavy atom. The summed E-state index contributed by atoms with van der Waals surface area (Å²) in [7, 11) is 0. The van der Waals surface area contributed by atoms with Crippen molar-refractivity contribution >= 4 is 0 Å². The topological polar surface area (TPSA) is 74.2 Å². The largest absolute Gasteiger partial charge is 0.381 e.